The van der Waals surface area contributed by atoms with Gasteiger partial charge in [-0.15, -0.1) is 0 Å². The van der Waals surface area contributed by atoms with Gasteiger partial charge in [-0.25, -0.2) is 13.1 Å². The molecule has 1 N–H and O–H groups in total. The highest BCUT2D eigenvalue weighted by molar-refractivity contribution is 7.98. The predicted octanol–water partition coefficient (Wildman–Crippen LogP) is 1.14. The summed E-state index contributed by atoms with van der Waals surface area (Å²) in [6, 6.07) is 0.117. The number of nitrogens with zero attached hydrogens (tertiary/aromatic N) is 1. The first-order chi connectivity index (χ1) is 8.42. The van der Waals surface area contributed by atoms with E-state index in [4.69, 9.17) is 0 Å². The van der Waals surface area contributed by atoms with Crippen LogP contribution in [0.5, 0.6) is 0 Å². The van der Waals surface area contributed by atoms with Crippen LogP contribution in [0.2, 0.25) is 0 Å². The minimum Gasteiger partial charge on any atom is -0.301 e. The van der Waals surface area contributed by atoms with Gasteiger partial charge in [0, 0.05) is 19.1 Å². The lowest BCUT2D eigenvalue weighted by Crippen LogP contribution is -2.44. The lowest BCUT2D eigenvalue weighted by atomic mass is 9.70. The molecule has 0 aromatic heterocycles. The Morgan fingerprint density at radius 1 is 1.44 bits per heavy atom. The van der Waals surface area contributed by atoms with Gasteiger partial charge in [0.2, 0.25) is 10.0 Å². The molecule has 0 aromatic carbocycles. The minimum atomic E-state index is -3.06. The molecular weight excluding hydrogens is 268 g/mol. The fraction of sp³-hybridized carbons (Fsp3) is 1.00. The van der Waals surface area contributed by atoms with E-state index in [9.17, 15) is 8.42 Å². The Morgan fingerprint density at radius 3 is 2.67 bits per heavy atom. The van der Waals surface area contributed by atoms with Crippen molar-refractivity contribution in [1.82, 2.24) is 9.62 Å². The zero-order valence-electron chi connectivity index (χ0n) is 11.3. The Bertz CT molecular complexity index is 380. The van der Waals surface area contributed by atoms with Crippen molar-refractivity contribution >= 4 is 21.8 Å². The van der Waals surface area contributed by atoms with Crippen LogP contribution in [0.4, 0.5) is 0 Å². The molecule has 0 aromatic rings. The van der Waals surface area contributed by atoms with Crippen molar-refractivity contribution in [3.05, 3.63) is 0 Å². The summed E-state index contributed by atoms with van der Waals surface area (Å²) < 4.78 is 25.2. The maximum atomic E-state index is 11.2. The SMILES string of the molecule is CSCC1(CN2CCC(NS(C)(=O)=O)C2)CCC1. The highest BCUT2D eigenvalue weighted by Gasteiger charge is 2.39. The van der Waals surface area contributed by atoms with Gasteiger partial charge in [-0.05, 0) is 43.2 Å². The van der Waals surface area contributed by atoms with Crippen LogP contribution >= 0.6 is 11.8 Å². The summed E-state index contributed by atoms with van der Waals surface area (Å²) in [6.07, 6.45) is 8.42. The van der Waals surface area contributed by atoms with E-state index in [2.05, 4.69) is 15.9 Å². The van der Waals surface area contributed by atoms with Crippen molar-refractivity contribution in [1.29, 1.82) is 0 Å². The van der Waals surface area contributed by atoms with E-state index in [0.717, 1.165) is 26.1 Å². The van der Waals surface area contributed by atoms with Gasteiger partial charge in [-0.1, -0.05) is 6.42 Å². The van der Waals surface area contributed by atoms with E-state index in [1.807, 2.05) is 11.8 Å². The monoisotopic (exact) mass is 292 g/mol. The Morgan fingerprint density at radius 2 is 2.17 bits per heavy atom. The Labute approximate surface area is 115 Å². The Hall–Kier alpha value is 0.220. The summed E-state index contributed by atoms with van der Waals surface area (Å²) in [5.74, 6) is 1.24. The Kier molecular flexibility index (Phi) is 4.62. The molecule has 0 radical (unpaired) electrons. The first-order valence-corrected chi connectivity index (χ1v) is 9.90. The number of thioether (sulfide) groups is 1. The normalized spacial score (nSPS) is 28.2. The lowest BCUT2D eigenvalue weighted by Gasteiger charge is -2.44. The second-order valence-electron chi connectivity index (χ2n) is 5.90. The van der Waals surface area contributed by atoms with E-state index in [-0.39, 0.29) is 6.04 Å². The number of sulfonamides is 1. The first-order valence-electron chi connectivity index (χ1n) is 6.61. The van der Waals surface area contributed by atoms with Gasteiger partial charge in [-0.2, -0.15) is 11.8 Å². The van der Waals surface area contributed by atoms with E-state index in [1.54, 1.807) is 0 Å². The molecule has 0 bridgehead atoms. The second-order valence-corrected chi connectivity index (χ2v) is 8.54. The number of hydrogen-bond acceptors (Lipinski definition) is 4. The zero-order valence-corrected chi connectivity index (χ0v) is 12.9. The van der Waals surface area contributed by atoms with Crippen LogP contribution in [0.1, 0.15) is 25.7 Å². The molecule has 4 nitrogen and oxygen atoms in total. The average molecular weight is 292 g/mol. The molecule has 1 saturated heterocycles. The minimum absolute atomic E-state index is 0.117. The molecule has 1 aliphatic heterocycles. The quantitative estimate of drug-likeness (QED) is 0.798. The summed E-state index contributed by atoms with van der Waals surface area (Å²) in [4.78, 5) is 2.44. The summed E-state index contributed by atoms with van der Waals surface area (Å²) in [5.41, 5.74) is 0.513. The Balaban J connectivity index is 1.82. The number of nitrogens with one attached hydrogen (secondary N) is 1. The molecule has 1 heterocycles. The molecular formula is C12H24N2O2S2. The summed E-state index contributed by atoms with van der Waals surface area (Å²) in [7, 11) is -3.06. The third-order valence-electron chi connectivity index (χ3n) is 4.08. The van der Waals surface area contributed by atoms with Crippen molar-refractivity contribution in [3.8, 4) is 0 Å². The van der Waals surface area contributed by atoms with Crippen molar-refractivity contribution in [2.75, 3.05) is 37.9 Å². The molecule has 2 rings (SSSR count). The van der Waals surface area contributed by atoms with Gasteiger partial charge in [0.15, 0.2) is 0 Å². The fourth-order valence-corrected chi connectivity index (χ4v) is 4.97. The molecule has 6 heteroatoms. The van der Waals surface area contributed by atoms with Crippen molar-refractivity contribution < 1.29 is 8.42 Å². The van der Waals surface area contributed by atoms with Crippen molar-refractivity contribution in [3.63, 3.8) is 0 Å². The van der Waals surface area contributed by atoms with Gasteiger partial charge in [-0.3, -0.25) is 0 Å². The molecule has 2 fully saturated rings. The standard InChI is InChI=1S/C12H24N2O2S2/c1-17-10-12(5-3-6-12)9-14-7-4-11(8-14)13-18(2,15)16/h11,13H,3-10H2,1-2H3. The maximum absolute atomic E-state index is 11.2. The molecule has 2 aliphatic rings. The fourth-order valence-electron chi connectivity index (χ4n) is 3.18. The molecule has 1 atom stereocenters. The third-order valence-corrected chi connectivity index (χ3v) is 5.74. The number of hydrogen-bond donors (Lipinski definition) is 1. The van der Waals surface area contributed by atoms with Crippen LogP contribution in [-0.2, 0) is 10.0 Å². The highest BCUT2D eigenvalue weighted by atomic mass is 32.2. The van der Waals surface area contributed by atoms with Crippen molar-refractivity contribution in [2.45, 2.75) is 31.7 Å². The summed E-state index contributed by atoms with van der Waals surface area (Å²) >= 11 is 1.94. The molecule has 1 saturated carbocycles. The van der Waals surface area contributed by atoms with Gasteiger partial charge >= 0.3 is 0 Å². The molecule has 1 unspecified atom stereocenters. The molecule has 0 spiro atoms. The van der Waals surface area contributed by atoms with Crippen LogP contribution in [0.15, 0.2) is 0 Å². The van der Waals surface area contributed by atoms with E-state index in [1.165, 1.54) is 31.3 Å². The molecule has 18 heavy (non-hydrogen) atoms. The van der Waals surface area contributed by atoms with Gasteiger partial charge in [0.1, 0.15) is 0 Å². The van der Waals surface area contributed by atoms with Gasteiger partial charge in [0.05, 0.1) is 6.26 Å². The number of rotatable bonds is 6. The lowest BCUT2D eigenvalue weighted by molar-refractivity contribution is 0.103. The molecule has 0 amide bonds. The smallest absolute Gasteiger partial charge is 0.208 e. The second kappa shape index (κ2) is 5.69. The maximum Gasteiger partial charge on any atom is 0.208 e. The van der Waals surface area contributed by atoms with Gasteiger partial charge in [0.25, 0.3) is 0 Å². The van der Waals surface area contributed by atoms with E-state index < -0.39 is 10.0 Å². The summed E-state index contributed by atoms with van der Waals surface area (Å²) in [6.45, 7) is 3.06. The highest BCUT2D eigenvalue weighted by Crippen LogP contribution is 2.44. The zero-order chi connectivity index (χ0) is 13.2. The van der Waals surface area contributed by atoms with E-state index in [0.29, 0.717) is 5.41 Å². The van der Waals surface area contributed by atoms with E-state index >= 15 is 0 Å². The average Bonchev–Trinajstić information content (AvgIpc) is 2.59. The van der Waals surface area contributed by atoms with Crippen LogP contribution < -0.4 is 4.72 Å². The van der Waals surface area contributed by atoms with Crippen molar-refractivity contribution in [2.24, 2.45) is 5.41 Å². The van der Waals surface area contributed by atoms with Crippen LogP contribution in [0.3, 0.4) is 0 Å². The topological polar surface area (TPSA) is 49.4 Å². The van der Waals surface area contributed by atoms with Gasteiger partial charge < -0.3 is 4.90 Å². The third kappa shape index (κ3) is 3.85. The molecule has 1 aliphatic carbocycles. The van der Waals surface area contributed by atoms with Crippen LogP contribution in [0, 0.1) is 5.41 Å². The van der Waals surface area contributed by atoms with Crippen LogP contribution in [0.25, 0.3) is 0 Å². The first kappa shape index (κ1) is 14.6. The number of likely N-dealkylation sites (tertiary alicyclic amines) is 1. The summed E-state index contributed by atoms with van der Waals surface area (Å²) in [5, 5.41) is 0. The van der Waals surface area contributed by atoms with Crippen LogP contribution in [-0.4, -0.2) is 57.3 Å². The predicted molar refractivity (Wildman–Crippen MR) is 77.5 cm³/mol. The molecule has 106 valence electrons. The largest absolute Gasteiger partial charge is 0.301 e.